The molecule has 3 N–H and O–H groups in total. The van der Waals surface area contributed by atoms with Crippen LogP contribution in [0.3, 0.4) is 0 Å². The number of aliphatic hydroxyl groups is 1. The highest BCUT2D eigenvalue weighted by Gasteiger charge is 2.26. The fourth-order valence-corrected chi connectivity index (χ4v) is 2.45. The third kappa shape index (κ3) is 1.52. The fourth-order valence-electron chi connectivity index (χ4n) is 2.45. The second-order valence-electron chi connectivity index (χ2n) is 4.31. The molecule has 2 aromatic rings. The number of benzene rings is 1. The molecule has 0 spiro atoms. The lowest BCUT2D eigenvalue weighted by Gasteiger charge is -2.25. The predicted octanol–water partition coefficient (Wildman–Crippen LogP) is 0.766. The van der Waals surface area contributed by atoms with Gasteiger partial charge in [-0.3, -0.25) is 0 Å². The SMILES string of the molecule is Nc1ccc(N2CCCC2CO)c2nonc12. The molecule has 0 bridgehead atoms. The van der Waals surface area contributed by atoms with Crippen molar-refractivity contribution in [2.75, 3.05) is 23.8 Å². The van der Waals surface area contributed by atoms with Crippen molar-refractivity contribution >= 4 is 22.4 Å². The zero-order valence-corrected chi connectivity index (χ0v) is 9.33. The molecule has 0 radical (unpaired) electrons. The molecule has 0 amide bonds. The van der Waals surface area contributed by atoms with Gasteiger partial charge >= 0.3 is 0 Å². The van der Waals surface area contributed by atoms with Crippen molar-refractivity contribution in [2.24, 2.45) is 0 Å². The van der Waals surface area contributed by atoms with E-state index in [4.69, 9.17) is 10.4 Å². The van der Waals surface area contributed by atoms with Crippen LogP contribution in [0.4, 0.5) is 11.4 Å². The number of anilines is 2. The molecule has 0 aliphatic carbocycles. The van der Waals surface area contributed by atoms with E-state index in [0.717, 1.165) is 25.1 Å². The summed E-state index contributed by atoms with van der Waals surface area (Å²) in [6.07, 6.45) is 2.07. The lowest BCUT2D eigenvalue weighted by molar-refractivity contribution is 0.266. The van der Waals surface area contributed by atoms with E-state index in [1.54, 1.807) is 6.07 Å². The van der Waals surface area contributed by atoms with Gasteiger partial charge < -0.3 is 15.7 Å². The molecule has 1 atom stereocenters. The first-order chi connectivity index (χ1) is 8.31. The number of hydrogen-bond donors (Lipinski definition) is 2. The predicted molar refractivity (Wildman–Crippen MR) is 63.7 cm³/mol. The van der Waals surface area contributed by atoms with Gasteiger partial charge in [-0.15, -0.1) is 0 Å². The second-order valence-corrected chi connectivity index (χ2v) is 4.31. The summed E-state index contributed by atoms with van der Waals surface area (Å²) in [5.74, 6) is 0. The highest BCUT2D eigenvalue weighted by Crippen LogP contribution is 2.32. The van der Waals surface area contributed by atoms with Crippen LogP contribution in [-0.2, 0) is 0 Å². The normalized spacial score (nSPS) is 20.3. The summed E-state index contributed by atoms with van der Waals surface area (Å²) in [5, 5.41) is 17.1. The number of rotatable bonds is 2. The first-order valence-electron chi connectivity index (χ1n) is 5.69. The smallest absolute Gasteiger partial charge is 0.160 e. The van der Waals surface area contributed by atoms with Crippen LogP contribution in [-0.4, -0.2) is 34.6 Å². The molecular weight excluding hydrogens is 220 g/mol. The van der Waals surface area contributed by atoms with Gasteiger partial charge in [0.2, 0.25) is 0 Å². The Balaban J connectivity index is 2.11. The molecule has 90 valence electrons. The van der Waals surface area contributed by atoms with Gasteiger partial charge in [0, 0.05) is 6.54 Å². The van der Waals surface area contributed by atoms with E-state index in [9.17, 15) is 5.11 Å². The molecule has 1 saturated heterocycles. The number of aromatic nitrogens is 2. The lowest BCUT2D eigenvalue weighted by Crippen LogP contribution is -2.32. The molecule has 1 fully saturated rings. The van der Waals surface area contributed by atoms with Crippen molar-refractivity contribution in [3.63, 3.8) is 0 Å². The van der Waals surface area contributed by atoms with E-state index in [1.165, 1.54) is 0 Å². The Bertz CT molecular complexity index is 539. The Labute approximate surface area is 98.0 Å². The van der Waals surface area contributed by atoms with Crippen LogP contribution >= 0.6 is 0 Å². The van der Waals surface area contributed by atoms with E-state index in [2.05, 4.69) is 15.2 Å². The summed E-state index contributed by atoms with van der Waals surface area (Å²) in [7, 11) is 0. The number of nitrogens with zero attached hydrogens (tertiary/aromatic N) is 3. The molecule has 1 unspecified atom stereocenters. The fraction of sp³-hybridized carbons (Fsp3) is 0.455. The maximum absolute atomic E-state index is 9.35. The van der Waals surface area contributed by atoms with E-state index in [-0.39, 0.29) is 12.6 Å². The molecule has 1 aliphatic heterocycles. The Morgan fingerprint density at radius 2 is 2.24 bits per heavy atom. The Hall–Kier alpha value is -1.82. The third-order valence-corrected chi connectivity index (χ3v) is 3.32. The minimum absolute atomic E-state index is 0.150. The summed E-state index contributed by atoms with van der Waals surface area (Å²) in [6, 6.07) is 3.86. The maximum atomic E-state index is 9.35. The summed E-state index contributed by atoms with van der Waals surface area (Å²) in [4.78, 5) is 2.14. The van der Waals surface area contributed by atoms with Crippen LogP contribution < -0.4 is 10.6 Å². The monoisotopic (exact) mass is 234 g/mol. The number of nitrogens with two attached hydrogens (primary N) is 1. The minimum Gasteiger partial charge on any atom is -0.397 e. The van der Waals surface area contributed by atoms with E-state index >= 15 is 0 Å². The summed E-state index contributed by atoms with van der Waals surface area (Å²) < 4.78 is 4.75. The van der Waals surface area contributed by atoms with Crippen LogP contribution in [0.1, 0.15) is 12.8 Å². The molecule has 17 heavy (non-hydrogen) atoms. The minimum atomic E-state index is 0.150. The molecule has 1 aromatic carbocycles. The first-order valence-corrected chi connectivity index (χ1v) is 5.69. The largest absolute Gasteiger partial charge is 0.397 e. The highest BCUT2D eigenvalue weighted by atomic mass is 16.6. The maximum Gasteiger partial charge on any atom is 0.160 e. The highest BCUT2D eigenvalue weighted by molar-refractivity contribution is 5.95. The quantitative estimate of drug-likeness (QED) is 0.746. The van der Waals surface area contributed by atoms with Crippen molar-refractivity contribution in [2.45, 2.75) is 18.9 Å². The van der Waals surface area contributed by atoms with Gasteiger partial charge in [0.1, 0.15) is 0 Å². The Kier molecular flexibility index (Phi) is 2.36. The topological polar surface area (TPSA) is 88.4 Å². The third-order valence-electron chi connectivity index (χ3n) is 3.32. The molecule has 6 heteroatoms. The van der Waals surface area contributed by atoms with Gasteiger partial charge in [0.05, 0.1) is 24.0 Å². The van der Waals surface area contributed by atoms with Gasteiger partial charge in [-0.2, -0.15) is 0 Å². The number of nitrogen functional groups attached to an aromatic ring is 1. The molecule has 3 rings (SSSR count). The Morgan fingerprint density at radius 3 is 3.06 bits per heavy atom. The second kappa shape index (κ2) is 3.89. The zero-order chi connectivity index (χ0) is 11.8. The lowest BCUT2D eigenvalue weighted by atomic mass is 10.2. The standard InChI is InChI=1S/C11H14N4O2/c12-8-3-4-9(11-10(8)13-17-14-11)15-5-1-2-7(15)6-16/h3-4,7,16H,1-2,5-6,12H2. The van der Waals surface area contributed by atoms with E-state index in [1.807, 2.05) is 6.07 Å². The summed E-state index contributed by atoms with van der Waals surface area (Å²) in [6.45, 7) is 1.06. The number of hydrogen-bond acceptors (Lipinski definition) is 6. The van der Waals surface area contributed by atoms with Gasteiger partial charge in [0.15, 0.2) is 11.0 Å². The van der Waals surface area contributed by atoms with Gasteiger partial charge in [-0.05, 0) is 35.3 Å². The van der Waals surface area contributed by atoms with E-state index in [0.29, 0.717) is 16.7 Å². The van der Waals surface area contributed by atoms with E-state index < -0.39 is 0 Å². The molecule has 1 aliphatic rings. The molecule has 1 aromatic heterocycles. The van der Waals surface area contributed by atoms with Crippen molar-refractivity contribution in [1.29, 1.82) is 0 Å². The summed E-state index contributed by atoms with van der Waals surface area (Å²) >= 11 is 0. The van der Waals surface area contributed by atoms with Crippen molar-refractivity contribution < 1.29 is 9.74 Å². The van der Waals surface area contributed by atoms with Gasteiger partial charge in [0.25, 0.3) is 0 Å². The van der Waals surface area contributed by atoms with Crippen LogP contribution in [0.2, 0.25) is 0 Å². The number of fused-ring (bicyclic) bond motifs is 1. The first kappa shape index (κ1) is 10.3. The molecule has 0 saturated carbocycles. The number of aliphatic hydroxyl groups excluding tert-OH is 1. The van der Waals surface area contributed by atoms with Crippen molar-refractivity contribution in [3.8, 4) is 0 Å². The molecular formula is C11H14N4O2. The van der Waals surface area contributed by atoms with Crippen molar-refractivity contribution in [3.05, 3.63) is 12.1 Å². The summed E-state index contributed by atoms with van der Waals surface area (Å²) in [5.41, 5.74) is 8.56. The van der Waals surface area contributed by atoms with Gasteiger partial charge in [-0.25, -0.2) is 4.63 Å². The van der Waals surface area contributed by atoms with Crippen LogP contribution in [0, 0.1) is 0 Å². The zero-order valence-electron chi connectivity index (χ0n) is 9.33. The average Bonchev–Trinajstić information content (AvgIpc) is 2.97. The Morgan fingerprint density at radius 1 is 1.41 bits per heavy atom. The molecule has 6 nitrogen and oxygen atoms in total. The van der Waals surface area contributed by atoms with Crippen molar-refractivity contribution in [1.82, 2.24) is 10.3 Å². The van der Waals surface area contributed by atoms with Crippen LogP contribution in [0.5, 0.6) is 0 Å². The van der Waals surface area contributed by atoms with Crippen LogP contribution in [0.25, 0.3) is 11.0 Å². The van der Waals surface area contributed by atoms with Crippen LogP contribution in [0.15, 0.2) is 16.8 Å². The average molecular weight is 234 g/mol. The van der Waals surface area contributed by atoms with Gasteiger partial charge in [-0.1, -0.05) is 0 Å². The molecule has 2 heterocycles.